The van der Waals surface area contributed by atoms with Crippen molar-refractivity contribution in [2.24, 2.45) is 11.6 Å². The smallest absolute Gasteiger partial charge is 0.235 e. The Balaban J connectivity index is 4.55. The highest BCUT2D eigenvalue weighted by molar-refractivity contribution is 7.80. The fourth-order valence-electron chi connectivity index (χ4n) is 3.90. The monoisotopic (exact) mass is 600 g/mol. The Hall–Kier alpha value is -2.52. The van der Waals surface area contributed by atoms with Crippen LogP contribution in [0.2, 0.25) is 0 Å². The molecule has 0 spiro atoms. The fraction of sp³-hybridized carbons (Fsp3) is 0.741. The molecule has 0 aromatic heterocycles. The van der Waals surface area contributed by atoms with Crippen molar-refractivity contribution in [3.63, 3.8) is 0 Å². The third-order valence-electron chi connectivity index (χ3n) is 6.35. The van der Waals surface area contributed by atoms with Gasteiger partial charge >= 0.3 is 0 Å². The van der Waals surface area contributed by atoms with Crippen molar-refractivity contribution in [1.29, 1.82) is 0 Å². The molecular formula is C27H52N8O5S. The maximum Gasteiger partial charge on any atom is 0.235 e. The number of nitrogens with one attached hydrogen (secondary N) is 4. The first-order chi connectivity index (χ1) is 19.8. The summed E-state index contributed by atoms with van der Waals surface area (Å²) in [4.78, 5) is 62.8. The second-order valence-corrected chi connectivity index (χ2v) is 9.98. The molecule has 0 aliphatic rings. The van der Waals surface area contributed by atoms with E-state index >= 15 is 0 Å². The van der Waals surface area contributed by atoms with Crippen LogP contribution >= 0.6 is 12.6 Å². The maximum atomic E-state index is 12.5. The van der Waals surface area contributed by atoms with Gasteiger partial charge in [-0.15, -0.1) is 0 Å². The van der Waals surface area contributed by atoms with Gasteiger partial charge in [-0.2, -0.15) is 12.6 Å². The highest BCUT2D eigenvalue weighted by atomic mass is 32.1. The Morgan fingerprint density at radius 3 is 2.00 bits per heavy atom. The number of nitrogens with two attached hydrogens (primary N) is 2. The summed E-state index contributed by atoms with van der Waals surface area (Å²) in [5.74, 6) is 5.31. The second kappa shape index (κ2) is 26.4. The van der Waals surface area contributed by atoms with Gasteiger partial charge in [0.2, 0.25) is 23.6 Å². The lowest BCUT2D eigenvalue weighted by Crippen LogP contribution is -2.38. The van der Waals surface area contributed by atoms with Crippen molar-refractivity contribution in [1.82, 2.24) is 31.2 Å². The van der Waals surface area contributed by atoms with E-state index in [4.69, 9.17) is 11.6 Å². The summed E-state index contributed by atoms with van der Waals surface area (Å²) < 4.78 is 0. The molecule has 0 aromatic rings. The average Bonchev–Trinajstić information content (AvgIpc) is 2.97. The number of likely N-dealkylation sites (N-methyl/N-ethyl adjacent to an activating group) is 1. The van der Waals surface area contributed by atoms with E-state index in [1.165, 1.54) is 0 Å². The quantitative estimate of drug-likeness (QED) is 0.0164. The van der Waals surface area contributed by atoms with Gasteiger partial charge in [0.1, 0.15) is 6.29 Å². The molecule has 41 heavy (non-hydrogen) atoms. The van der Waals surface area contributed by atoms with Gasteiger partial charge in [0.15, 0.2) is 0 Å². The summed E-state index contributed by atoms with van der Waals surface area (Å²) in [6, 6.07) is 0. The summed E-state index contributed by atoms with van der Waals surface area (Å²) in [6.07, 6.45) is 6.39. The van der Waals surface area contributed by atoms with Crippen molar-refractivity contribution in [3.05, 3.63) is 11.6 Å². The molecule has 0 aliphatic heterocycles. The summed E-state index contributed by atoms with van der Waals surface area (Å²) >= 11 is 4.28. The van der Waals surface area contributed by atoms with Crippen LogP contribution in [-0.2, 0) is 24.0 Å². The Kier molecular flexibility index (Phi) is 24.8. The Labute approximate surface area is 250 Å². The first-order valence-electron chi connectivity index (χ1n) is 14.5. The fourth-order valence-corrected chi connectivity index (χ4v) is 4.06. The van der Waals surface area contributed by atoms with Crippen molar-refractivity contribution >= 4 is 42.5 Å². The lowest BCUT2D eigenvalue weighted by molar-refractivity contribution is -0.122. The van der Waals surface area contributed by atoms with Crippen LogP contribution in [0.15, 0.2) is 11.6 Å². The van der Waals surface area contributed by atoms with Gasteiger partial charge in [0.05, 0.1) is 0 Å². The molecule has 0 saturated heterocycles. The van der Waals surface area contributed by atoms with Gasteiger partial charge < -0.3 is 36.3 Å². The van der Waals surface area contributed by atoms with Crippen molar-refractivity contribution in [3.8, 4) is 0 Å². The van der Waals surface area contributed by atoms with Crippen molar-refractivity contribution < 1.29 is 24.0 Å². The van der Waals surface area contributed by atoms with E-state index in [9.17, 15) is 24.0 Å². The van der Waals surface area contributed by atoms with E-state index in [1.54, 1.807) is 0 Å². The summed E-state index contributed by atoms with van der Waals surface area (Å²) in [5.41, 5.74) is 8.55. The van der Waals surface area contributed by atoms with Gasteiger partial charge in [-0.1, -0.05) is 18.6 Å². The van der Waals surface area contributed by atoms with E-state index in [0.29, 0.717) is 96.8 Å². The Bertz CT molecular complexity index is 800. The SMILES string of the molecule is CCN(CCNC(=O)CC=C(CCCS)CCC(=O)NCCN(CCC=O)CCC(=O)NCCN)CCC(=O)NN. The molecule has 4 amide bonds. The molecule has 0 rings (SSSR count). The lowest BCUT2D eigenvalue weighted by Gasteiger charge is -2.21. The molecule has 13 nitrogen and oxygen atoms in total. The summed E-state index contributed by atoms with van der Waals surface area (Å²) in [5, 5.41) is 8.53. The Morgan fingerprint density at radius 1 is 0.756 bits per heavy atom. The average molecular weight is 601 g/mol. The van der Waals surface area contributed by atoms with Gasteiger partial charge in [-0.05, 0) is 31.6 Å². The number of hydrazine groups is 1. The molecule has 236 valence electrons. The first kappa shape index (κ1) is 38.5. The molecule has 0 fully saturated rings. The molecule has 0 aliphatic carbocycles. The predicted octanol–water partition coefficient (Wildman–Crippen LogP) is -0.917. The van der Waals surface area contributed by atoms with Crippen LogP contribution in [0.5, 0.6) is 0 Å². The number of amides is 4. The van der Waals surface area contributed by atoms with Gasteiger partial charge in [-0.25, -0.2) is 5.84 Å². The van der Waals surface area contributed by atoms with Crippen LogP contribution in [0.25, 0.3) is 0 Å². The van der Waals surface area contributed by atoms with Crippen molar-refractivity contribution in [2.45, 2.75) is 58.3 Å². The third kappa shape index (κ3) is 22.8. The van der Waals surface area contributed by atoms with Crippen LogP contribution in [-0.4, -0.2) is 111 Å². The van der Waals surface area contributed by atoms with E-state index < -0.39 is 0 Å². The molecule has 0 heterocycles. The number of allylic oxidation sites excluding steroid dienone is 1. The molecule has 8 N–H and O–H groups in total. The minimum atomic E-state index is -0.225. The summed E-state index contributed by atoms with van der Waals surface area (Å²) in [6.45, 7) is 7.16. The Morgan fingerprint density at radius 2 is 1.37 bits per heavy atom. The number of aldehydes is 1. The van der Waals surface area contributed by atoms with Crippen molar-refractivity contribution in [2.75, 3.05) is 71.2 Å². The molecule has 0 aromatic carbocycles. The van der Waals surface area contributed by atoms with Gasteiger partial charge in [0, 0.05) is 91.0 Å². The van der Waals surface area contributed by atoms with Crippen LogP contribution in [0.1, 0.15) is 58.3 Å². The van der Waals surface area contributed by atoms with Gasteiger partial charge in [-0.3, -0.25) is 24.6 Å². The van der Waals surface area contributed by atoms with E-state index in [2.05, 4.69) is 38.9 Å². The number of carbonyl (C=O) groups is 5. The van der Waals surface area contributed by atoms with Crippen LogP contribution < -0.4 is 33.0 Å². The standard InChI is InChI=1S/C27H52N8O5S/c1-2-34(17-11-27(40)33-29)19-14-31-24(37)8-6-23(5-3-22-41)7-9-25(38)32-15-20-35(16-4-21-36)18-10-26(39)30-13-12-28/h6,21,41H,2-5,7-20,22,28-29H2,1H3,(H,30,39)(H,31,37)(H,32,38)(H,33,40). The minimum absolute atomic E-state index is 0.0924. The predicted molar refractivity (Wildman–Crippen MR) is 164 cm³/mol. The normalized spacial score (nSPS) is 11.4. The van der Waals surface area contributed by atoms with E-state index in [-0.39, 0.29) is 30.0 Å². The zero-order valence-electron chi connectivity index (χ0n) is 24.6. The topological polar surface area (TPSA) is 192 Å². The van der Waals surface area contributed by atoms with Crippen LogP contribution in [0.3, 0.4) is 0 Å². The minimum Gasteiger partial charge on any atom is -0.355 e. The zero-order chi connectivity index (χ0) is 30.7. The third-order valence-corrected chi connectivity index (χ3v) is 6.67. The number of hydrogen-bond donors (Lipinski definition) is 7. The van der Waals surface area contributed by atoms with E-state index in [0.717, 1.165) is 31.2 Å². The maximum absolute atomic E-state index is 12.5. The zero-order valence-corrected chi connectivity index (χ0v) is 25.5. The lowest BCUT2D eigenvalue weighted by atomic mass is 10.0. The van der Waals surface area contributed by atoms with E-state index in [1.807, 2.05) is 17.9 Å². The highest BCUT2D eigenvalue weighted by Gasteiger charge is 2.11. The van der Waals surface area contributed by atoms with Crippen LogP contribution in [0, 0.1) is 0 Å². The number of thiol groups is 1. The summed E-state index contributed by atoms with van der Waals surface area (Å²) in [7, 11) is 0. The number of rotatable bonds is 26. The molecule has 14 heteroatoms. The second-order valence-electron chi connectivity index (χ2n) is 9.53. The number of hydrogen-bond acceptors (Lipinski definition) is 10. The number of carbonyl (C=O) groups excluding carboxylic acids is 5. The molecular weight excluding hydrogens is 548 g/mol. The number of nitrogens with zero attached hydrogens (tertiary/aromatic N) is 2. The molecule has 0 atom stereocenters. The molecule has 0 bridgehead atoms. The first-order valence-corrected chi connectivity index (χ1v) is 15.1. The van der Waals surface area contributed by atoms with Gasteiger partial charge in [0.25, 0.3) is 0 Å². The van der Waals surface area contributed by atoms with Crippen LogP contribution in [0.4, 0.5) is 0 Å². The highest BCUT2D eigenvalue weighted by Crippen LogP contribution is 2.14. The largest absolute Gasteiger partial charge is 0.355 e. The molecule has 0 radical (unpaired) electrons. The molecule has 0 saturated carbocycles. The molecule has 0 unspecified atom stereocenters.